The molecule has 13 heteroatoms. The third-order valence-corrected chi connectivity index (χ3v) is 9.36. The predicted molar refractivity (Wildman–Crippen MR) is 182 cm³/mol. The molecule has 1 aromatic heterocycles. The number of amides is 1. The maximum atomic E-state index is 15.4. The number of ether oxygens (including phenoxy) is 1. The second-order valence-corrected chi connectivity index (χ2v) is 13.5. The molecule has 11 nitrogen and oxygen atoms in total. The van der Waals surface area contributed by atoms with Gasteiger partial charge in [-0.05, 0) is 58.3 Å². The van der Waals surface area contributed by atoms with E-state index in [1.807, 2.05) is 4.98 Å². The first-order chi connectivity index (χ1) is 22.5. The lowest BCUT2D eigenvalue weighted by atomic mass is 9.98. The fraction of sp³-hybridized carbons (Fsp3) is 0.559. The summed E-state index contributed by atoms with van der Waals surface area (Å²) in [4.78, 5) is 37.7. The Morgan fingerprint density at radius 2 is 1.66 bits per heavy atom. The van der Waals surface area contributed by atoms with Gasteiger partial charge in [0.2, 0.25) is 5.91 Å². The van der Waals surface area contributed by atoms with E-state index in [4.69, 9.17) is 13.8 Å². The average molecular weight is 680 g/mol. The van der Waals surface area contributed by atoms with Crippen molar-refractivity contribution in [2.45, 2.75) is 95.7 Å². The Morgan fingerprint density at radius 1 is 1.06 bits per heavy atom. The van der Waals surface area contributed by atoms with Crippen LogP contribution in [0.15, 0.2) is 82.6 Å². The first kappa shape index (κ1) is 40.0. The van der Waals surface area contributed by atoms with Crippen LogP contribution in [0.25, 0.3) is 0 Å². The SMILES string of the molecule is CC/C=C\C/C=C\C/C=C\C/C=C\C/C=C\CCCC(=O)NCCCP(=O)(OC)OC[C@H]1OC(n2ccc(=O)[nH]c2=O)[C@](C)(F)[C@@H]1O. The number of carbonyl (C=O) groups excluding carboxylic acids is 1. The number of H-pyrrole nitrogens is 1. The van der Waals surface area contributed by atoms with Gasteiger partial charge in [0.05, 0.1) is 12.8 Å². The Hall–Kier alpha value is -3.15. The minimum absolute atomic E-state index is 0.0255. The molecular weight excluding hydrogens is 628 g/mol. The first-order valence-electron chi connectivity index (χ1n) is 16.2. The molecule has 1 saturated heterocycles. The maximum Gasteiger partial charge on any atom is 0.330 e. The summed E-state index contributed by atoms with van der Waals surface area (Å²) in [5.41, 5.74) is -3.98. The van der Waals surface area contributed by atoms with Crippen LogP contribution in [0.5, 0.6) is 0 Å². The van der Waals surface area contributed by atoms with Gasteiger partial charge >= 0.3 is 13.3 Å². The Labute approximate surface area is 276 Å². The van der Waals surface area contributed by atoms with Crippen molar-refractivity contribution in [3.8, 4) is 0 Å². The summed E-state index contributed by atoms with van der Waals surface area (Å²) >= 11 is 0. The molecule has 262 valence electrons. The van der Waals surface area contributed by atoms with Gasteiger partial charge in [-0.15, -0.1) is 0 Å². The zero-order valence-electron chi connectivity index (χ0n) is 27.7. The molecule has 1 aromatic rings. The number of halogens is 1. The van der Waals surface area contributed by atoms with Gasteiger partial charge in [0.25, 0.3) is 5.56 Å². The topological polar surface area (TPSA) is 149 Å². The Balaban J connectivity index is 1.60. The lowest BCUT2D eigenvalue weighted by molar-refractivity contribution is -0.121. The van der Waals surface area contributed by atoms with Crippen molar-refractivity contribution in [3.63, 3.8) is 0 Å². The number of aromatic nitrogens is 2. The molecule has 0 bridgehead atoms. The quantitative estimate of drug-likeness (QED) is 0.0791. The zero-order chi connectivity index (χ0) is 34.5. The van der Waals surface area contributed by atoms with Gasteiger partial charge in [-0.3, -0.25) is 23.7 Å². The van der Waals surface area contributed by atoms with Crippen LogP contribution < -0.4 is 16.6 Å². The van der Waals surface area contributed by atoms with Crippen molar-refractivity contribution in [2.24, 2.45) is 0 Å². The second kappa shape index (κ2) is 21.7. The highest BCUT2D eigenvalue weighted by atomic mass is 31.2. The van der Waals surface area contributed by atoms with Crippen LogP contribution in [0.3, 0.4) is 0 Å². The highest BCUT2D eigenvalue weighted by Gasteiger charge is 2.55. The molecule has 5 atom stereocenters. The van der Waals surface area contributed by atoms with E-state index in [0.29, 0.717) is 19.3 Å². The van der Waals surface area contributed by atoms with Crippen molar-refractivity contribution in [2.75, 3.05) is 26.4 Å². The van der Waals surface area contributed by atoms with Crippen molar-refractivity contribution in [3.05, 3.63) is 93.9 Å². The van der Waals surface area contributed by atoms with Crippen LogP contribution in [-0.2, 0) is 23.1 Å². The third kappa shape index (κ3) is 14.7. The zero-order valence-corrected chi connectivity index (χ0v) is 28.6. The van der Waals surface area contributed by atoms with Gasteiger partial charge in [0.15, 0.2) is 11.9 Å². The normalized spacial score (nSPS) is 23.2. The highest BCUT2D eigenvalue weighted by Crippen LogP contribution is 2.49. The van der Waals surface area contributed by atoms with Crippen LogP contribution in [0.2, 0.25) is 0 Å². The molecule has 2 heterocycles. The molecule has 1 amide bonds. The molecule has 2 rings (SSSR count). The standard InChI is InChI=1S/C34H51FN3O8P/c1-4-5-6-7-8-9-10-11-12-13-14-15-16-17-18-19-20-22-29(39)36-24-21-26-47(43,44-3)45-27-28-31(41)34(2,35)32(46-28)38-25-23-30(40)37-33(38)42/h5-6,8-9,11-12,14-15,17-18,23,25,28,31-32,41H,4,7,10,13,16,19-22,24,26-27H2,1-3H3,(H,36,39)(H,37,40,42)/b6-5-,9-8-,12-11-,15-14-,18-17-/t28-,31-,32?,34-,47?/m1/s1. The summed E-state index contributed by atoms with van der Waals surface area (Å²) in [6, 6.07) is 1.03. The van der Waals surface area contributed by atoms with Crippen LogP contribution in [0.1, 0.15) is 77.9 Å². The largest absolute Gasteiger partial charge is 0.387 e. The molecule has 0 aromatic carbocycles. The molecular formula is C34H51FN3O8P. The van der Waals surface area contributed by atoms with Crippen LogP contribution >= 0.6 is 7.60 Å². The highest BCUT2D eigenvalue weighted by molar-refractivity contribution is 7.53. The number of aliphatic hydroxyl groups excluding tert-OH is 1. The summed E-state index contributed by atoms with van der Waals surface area (Å²) in [6.07, 6.45) is 24.9. The molecule has 47 heavy (non-hydrogen) atoms. The second-order valence-electron chi connectivity index (χ2n) is 11.3. The van der Waals surface area contributed by atoms with Crippen molar-refractivity contribution in [1.82, 2.24) is 14.9 Å². The van der Waals surface area contributed by atoms with Gasteiger partial charge in [-0.25, -0.2) is 9.18 Å². The fourth-order valence-corrected chi connectivity index (χ4v) is 6.03. The summed E-state index contributed by atoms with van der Waals surface area (Å²) in [5, 5.41) is 13.3. The average Bonchev–Trinajstić information content (AvgIpc) is 3.27. The van der Waals surface area contributed by atoms with E-state index in [0.717, 1.165) is 62.3 Å². The van der Waals surface area contributed by atoms with Crippen LogP contribution in [0.4, 0.5) is 4.39 Å². The van der Waals surface area contributed by atoms with Gasteiger partial charge in [-0.1, -0.05) is 67.7 Å². The lowest BCUT2D eigenvalue weighted by Crippen LogP contribution is -2.43. The molecule has 1 aliphatic rings. The minimum Gasteiger partial charge on any atom is -0.387 e. The molecule has 0 spiro atoms. The minimum atomic E-state index is -3.65. The lowest BCUT2D eigenvalue weighted by Gasteiger charge is -2.24. The summed E-state index contributed by atoms with van der Waals surface area (Å²) in [6.45, 7) is 2.98. The maximum absolute atomic E-state index is 15.4. The third-order valence-electron chi connectivity index (χ3n) is 7.40. The number of aromatic amines is 1. The van der Waals surface area contributed by atoms with Crippen molar-refractivity contribution >= 4 is 13.5 Å². The molecule has 0 saturated carbocycles. The number of hydrogen-bond acceptors (Lipinski definition) is 8. The number of nitrogens with zero attached hydrogens (tertiary/aromatic N) is 1. The van der Waals surface area contributed by atoms with Gasteiger partial charge in [0, 0.05) is 32.3 Å². The van der Waals surface area contributed by atoms with Gasteiger partial charge in [-0.2, -0.15) is 0 Å². The van der Waals surface area contributed by atoms with E-state index in [2.05, 4.69) is 73.0 Å². The summed E-state index contributed by atoms with van der Waals surface area (Å²) in [7, 11) is -2.44. The number of unbranched alkanes of at least 4 members (excludes halogenated alkanes) is 1. The summed E-state index contributed by atoms with van der Waals surface area (Å²) < 4.78 is 45.3. The number of rotatable bonds is 22. The Bertz CT molecular complexity index is 1400. The van der Waals surface area contributed by atoms with E-state index in [1.165, 1.54) is 7.11 Å². The smallest absolute Gasteiger partial charge is 0.330 e. The van der Waals surface area contributed by atoms with E-state index in [1.54, 1.807) is 0 Å². The molecule has 2 unspecified atom stereocenters. The Morgan fingerprint density at radius 3 is 2.23 bits per heavy atom. The molecule has 0 aliphatic carbocycles. The van der Waals surface area contributed by atoms with E-state index in [-0.39, 0.29) is 18.6 Å². The van der Waals surface area contributed by atoms with Gasteiger partial charge < -0.3 is 24.2 Å². The first-order valence-corrected chi connectivity index (χ1v) is 17.9. The number of aliphatic hydroxyl groups is 1. The van der Waals surface area contributed by atoms with Crippen molar-refractivity contribution < 1.29 is 32.6 Å². The number of alkyl halides is 1. The predicted octanol–water partition coefficient (Wildman–Crippen LogP) is 5.81. The van der Waals surface area contributed by atoms with Crippen molar-refractivity contribution in [1.29, 1.82) is 0 Å². The Kier molecular flexibility index (Phi) is 18.5. The molecule has 0 radical (unpaired) electrons. The molecule has 3 N–H and O–H groups in total. The monoisotopic (exact) mass is 679 g/mol. The molecule has 1 fully saturated rings. The van der Waals surface area contributed by atoms with Crippen LogP contribution in [0, 0.1) is 0 Å². The number of hydrogen-bond donors (Lipinski definition) is 3. The van der Waals surface area contributed by atoms with E-state index in [9.17, 15) is 24.1 Å². The number of carbonyl (C=O) groups is 1. The summed E-state index contributed by atoms with van der Waals surface area (Å²) in [5.74, 6) is -0.112. The fourth-order valence-electron chi connectivity index (χ4n) is 4.70. The van der Waals surface area contributed by atoms with Gasteiger partial charge in [0.1, 0.15) is 12.2 Å². The molecule has 1 aliphatic heterocycles. The number of nitrogens with one attached hydrogen (secondary N) is 2. The van der Waals surface area contributed by atoms with E-state index >= 15 is 4.39 Å². The van der Waals surface area contributed by atoms with Crippen LogP contribution in [-0.4, -0.2) is 64.9 Å². The van der Waals surface area contributed by atoms with E-state index < -0.39 is 49.6 Å². The number of allylic oxidation sites excluding steroid dienone is 10.